The summed E-state index contributed by atoms with van der Waals surface area (Å²) in [6.45, 7) is 5.06. The lowest BCUT2D eigenvalue weighted by Gasteiger charge is -2.20. The van der Waals surface area contributed by atoms with Crippen LogP contribution in [0.15, 0.2) is 0 Å². The van der Waals surface area contributed by atoms with Crippen LogP contribution in [0, 0.1) is 5.21 Å². The Labute approximate surface area is 153 Å². The first-order valence-corrected chi connectivity index (χ1v) is 9.72. The van der Waals surface area contributed by atoms with Gasteiger partial charge in [0.1, 0.15) is 12.8 Å². The van der Waals surface area contributed by atoms with Crippen LogP contribution in [0.4, 0.5) is 0 Å². The SMILES string of the molecule is CCCCCCCCCCCCCC(=O)OC(C)N.CC[N+]([O-])(O)O. The van der Waals surface area contributed by atoms with E-state index < -0.39 is 11.2 Å². The molecule has 0 aromatic heterocycles. The molecule has 7 heteroatoms. The van der Waals surface area contributed by atoms with E-state index in [9.17, 15) is 10.0 Å². The molecule has 1 unspecified atom stereocenters. The van der Waals surface area contributed by atoms with E-state index >= 15 is 0 Å². The van der Waals surface area contributed by atoms with E-state index in [0.29, 0.717) is 6.42 Å². The molecule has 0 aliphatic heterocycles. The second kappa shape index (κ2) is 18.1. The van der Waals surface area contributed by atoms with Crippen molar-refractivity contribution in [1.82, 2.24) is 0 Å². The maximum Gasteiger partial charge on any atom is 0.307 e. The number of carbonyl (C=O) groups excluding carboxylic acids is 1. The van der Waals surface area contributed by atoms with Crippen LogP contribution in [0.5, 0.6) is 0 Å². The number of hydrogen-bond acceptors (Lipinski definition) is 6. The van der Waals surface area contributed by atoms with Gasteiger partial charge in [-0.15, -0.1) is 0 Å². The lowest BCUT2D eigenvalue weighted by atomic mass is 10.1. The first-order chi connectivity index (χ1) is 11.7. The minimum absolute atomic E-state index is 0.161. The van der Waals surface area contributed by atoms with E-state index in [0.717, 1.165) is 12.8 Å². The fourth-order valence-electron chi connectivity index (χ4n) is 2.20. The Balaban J connectivity index is 0. The lowest BCUT2D eigenvalue weighted by Crippen LogP contribution is -2.33. The number of nitrogens with zero attached hydrogens (tertiary/aromatic N) is 1. The molecular weight excluding hydrogens is 324 g/mol. The molecule has 0 bridgehead atoms. The van der Waals surface area contributed by atoms with Crippen molar-refractivity contribution >= 4 is 5.97 Å². The second-order valence-corrected chi connectivity index (χ2v) is 6.46. The fraction of sp³-hybridized carbons (Fsp3) is 0.944. The summed E-state index contributed by atoms with van der Waals surface area (Å²) in [4.78, 5) is 9.03. The van der Waals surface area contributed by atoms with Crippen LogP contribution in [0.2, 0.25) is 0 Å². The number of ether oxygens (including phenoxy) is 1. The summed E-state index contributed by atoms with van der Waals surface area (Å²) in [5.41, 5.74) is 5.38. The Hall–Kier alpha value is -0.730. The third-order valence-electron chi connectivity index (χ3n) is 3.71. The van der Waals surface area contributed by atoms with Crippen LogP contribution in [0.25, 0.3) is 0 Å². The van der Waals surface area contributed by atoms with Gasteiger partial charge in [-0.25, -0.2) is 0 Å². The molecule has 25 heavy (non-hydrogen) atoms. The summed E-state index contributed by atoms with van der Waals surface area (Å²) >= 11 is 0. The molecule has 0 rings (SSSR count). The largest absolute Gasteiger partial charge is 0.564 e. The maximum absolute atomic E-state index is 11.2. The highest BCUT2D eigenvalue weighted by Gasteiger charge is 2.04. The van der Waals surface area contributed by atoms with Crippen LogP contribution >= 0.6 is 0 Å². The highest BCUT2D eigenvalue weighted by Crippen LogP contribution is 2.12. The van der Waals surface area contributed by atoms with E-state index in [1.54, 1.807) is 6.92 Å². The zero-order chi connectivity index (χ0) is 19.6. The van der Waals surface area contributed by atoms with Crippen LogP contribution in [0.1, 0.15) is 97.8 Å². The van der Waals surface area contributed by atoms with Crippen molar-refractivity contribution < 1.29 is 24.9 Å². The van der Waals surface area contributed by atoms with Crippen molar-refractivity contribution in [1.29, 1.82) is 0 Å². The van der Waals surface area contributed by atoms with Crippen molar-refractivity contribution in [2.75, 3.05) is 6.54 Å². The highest BCUT2D eigenvalue weighted by molar-refractivity contribution is 5.69. The number of hydroxylamine groups is 3. The topological polar surface area (TPSA) is 116 Å². The van der Waals surface area contributed by atoms with Gasteiger partial charge in [-0.1, -0.05) is 76.1 Å². The summed E-state index contributed by atoms with van der Waals surface area (Å²) in [6, 6.07) is 0. The van der Waals surface area contributed by atoms with Gasteiger partial charge in [0.15, 0.2) is 0 Å². The molecule has 7 nitrogen and oxygen atoms in total. The normalized spacial score (nSPS) is 12.3. The van der Waals surface area contributed by atoms with Crippen molar-refractivity contribution in [3.05, 3.63) is 5.21 Å². The van der Waals surface area contributed by atoms with Gasteiger partial charge >= 0.3 is 5.97 Å². The van der Waals surface area contributed by atoms with Crippen LogP contribution in [-0.2, 0) is 9.53 Å². The summed E-state index contributed by atoms with van der Waals surface area (Å²) in [7, 11) is 0. The molecule has 0 aliphatic carbocycles. The number of quaternary nitrogens is 1. The van der Waals surface area contributed by atoms with Gasteiger partial charge in [0.25, 0.3) is 0 Å². The molecule has 0 heterocycles. The van der Waals surface area contributed by atoms with Crippen molar-refractivity contribution in [3.63, 3.8) is 0 Å². The van der Waals surface area contributed by atoms with Gasteiger partial charge in [-0.2, -0.15) is 10.4 Å². The number of nitrogens with two attached hydrogens (primary N) is 1. The average molecular weight is 365 g/mol. The minimum atomic E-state index is -2.18. The van der Waals surface area contributed by atoms with Crippen molar-refractivity contribution in [2.24, 2.45) is 5.73 Å². The number of rotatable bonds is 14. The Morgan fingerprint density at radius 2 is 1.32 bits per heavy atom. The zero-order valence-corrected chi connectivity index (χ0v) is 16.4. The summed E-state index contributed by atoms with van der Waals surface area (Å²) < 4.78 is 4.88. The van der Waals surface area contributed by atoms with Crippen molar-refractivity contribution in [3.8, 4) is 0 Å². The second-order valence-electron chi connectivity index (χ2n) is 6.46. The van der Waals surface area contributed by atoms with E-state index in [1.807, 2.05) is 0 Å². The molecule has 4 N–H and O–H groups in total. The van der Waals surface area contributed by atoms with E-state index in [2.05, 4.69) is 6.92 Å². The van der Waals surface area contributed by atoms with Gasteiger partial charge < -0.3 is 9.94 Å². The van der Waals surface area contributed by atoms with Gasteiger partial charge in [0.05, 0.1) is 0 Å². The molecule has 0 saturated heterocycles. The molecular formula is C18H40N2O5. The van der Waals surface area contributed by atoms with Crippen LogP contribution in [-0.4, -0.2) is 34.1 Å². The predicted molar refractivity (Wildman–Crippen MR) is 98.6 cm³/mol. The Morgan fingerprint density at radius 1 is 0.960 bits per heavy atom. The first kappa shape index (κ1) is 26.5. The van der Waals surface area contributed by atoms with E-state index in [4.69, 9.17) is 20.9 Å². The molecule has 0 spiro atoms. The monoisotopic (exact) mass is 364 g/mol. The fourth-order valence-corrected chi connectivity index (χ4v) is 2.20. The number of hydrogen-bond donors (Lipinski definition) is 3. The molecule has 0 saturated carbocycles. The molecule has 0 aromatic carbocycles. The predicted octanol–water partition coefficient (Wildman–Crippen LogP) is 4.63. The van der Waals surface area contributed by atoms with Gasteiger partial charge in [-0.05, 0) is 20.3 Å². The van der Waals surface area contributed by atoms with E-state index in [1.165, 1.54) is 64.7 Å². The number of esters is 1. The molecule has 0 amide bonds. The van der Waals surface area contributed by atoms with Gasteiger partial charge in [-0.3, -0.25) is 10.5 Å². The third-order valence-corrected chi connectivity index (χ3v) is 3.71. The first-order valence-electron chi connectivity index (χ1n) is 9.72. The standard InChI is InChI=1S/C16H33NO2.C2H7NO3/c1-3-4-5-6-7-8-9-10-11-12-13-14-16(18)19-15(2)17;1-2-3(4,5)6/h15H,3-14,17H2,1-2H3;4-5H,2H2,1H3. The lowest BCUT2D eigenvalue weighted by molar-refractivity contribution is -1.21. The Morgan fingerprint density at radius 3 is 1.64 bits per heavy atom. The van der Waals surface area contributed by atoms with Crippen LogP contribution in [0.3, 0.4) is 0 Å². The summed E-state index contributed by atoms with van der Waals surface area (Å²) in [6.07, 6.45) is 14.3. The molecule has 0 radical (unpaired) electrons. The molecule has 152 valence electrons. The van der Waals surface area contributed by atoms with Gasteiger partial charge in [0.2, 0.25) is 0 Å². The smallest absolute Gasteiger partial charge is 0.307 e. The minimum Gasteiger partial charge on any atom is -0.564 e. The summed E-state index contributed by atoms with van der Waals surface area (Å²) in [5.74, 6) is -0.161. The molecule has 0 fully saturated rings. The Kier molecular flexibility index (Phi) is 19.2. The third kappa shape index (κ3) is 28.4. The van der Waals surface area contributed by atoms with Gasteiger partial charge in [0, 0.05) is 6.42 Å². The zero-order valence-electron chi connectivity index (χ0n) is 16.4. The van der Waals surface area contributed by atoms with Crippen molar-refractivity contribution in [2.45, 2.75) is 104 Å². The summed E-state index contributed by atoms with van der Waals surface area (Å²) in [5, 5.41) is 25.0. The van der Waals surface area contributed by atoms with E-state index in [-0.39, 0.29) is 12.5 Å². The number of carbonyl (C=O) groups is 1. The quantitative estimate of drug-likeness (QED) is 0.136. The molecule has 0 aliphatic rings. The molecule has 1 atom stereocenters. The Bertz CT molecular complexity index is 294. The maximum atomic E-state index is 11.2. The molecule has 0 aromatic rings. The highest BCUT2D eigenvalue weighted by atomic mass is 17.1. The van der Waals surface area contributed by atoms with Crippen LogP contribution < -0.4 is 5.73 Å². The number of unbranched alkanes of at least 4 members (excludes halogenated alkanes) is 10. The average Bonchev–Trinajstić information content (AvgIpc) is 2.52.